The van der Waals surface area contributed by atoms with Crippen LogP contribution in [-0.4, -0.2) is 13.0 Å². The van der Waals surface area contributed by atoms with Gasteiger partial charge in [0.25, 0.3) is 5.91 Å². The van der Waals surface area contributed by atoms with Crippen molar-refractivity contribution in [2.75, 3.05) is 11.9 Å². The first kappa shape index (κ1) is 11.9. The lowest BCUT2D eigenvalue weighted by Gasteiger charge is -2.16. The molecule has 1 aromatic heterocycles. The van der Waals surface area contributed by atoms with Gasteiger partial charge in [0.05, 0.1) is 5.69 Å². The van der Waals surface area contributed by atoms with Crippen LogP contribution in [0.2, 0.25) is 0 Å². The Labute approximate surface area is 106 Å². The van der Waals surface area contributed by atoms with E-state index in [1.54, 1.807) is 18.2 Å². The molecule has 0 saturated carbocycles. The van der Waals surface area contributed by atoms with Crippen LogP contribution in [0.25, 0.3) is 0 Å². The summed E-state index contributed by atoms with van der Waals surface area (Å²) in [6.07, 6.45) is 0. The van der Waals surface area contributed by atoms with Crippen molar-refractivity contribution in [3.8, 4) is 0 Å². The van der Waals surface area contributed by atoms with E-state index in [9.17, 15) is 9.18 Å². The Kier molecular flexibility index (Phi) is 3.28. The lowest BCUT2D eigenvalue weighted by molar-refractivity contribution is 0.0964. The van der Waals surface area contributed by atoms with E-state index in [1.807, 2.05) is 0 Å². The fourth-order valence-corrected chi connectivity index (χ4v) is 1.73. The number of anilines is 1. The van der Waals surface area contributed by atoms with Gasteiger partial charge in [-0.2, -0.15) is 0 Å². The summed E-state index contributed by atoms with van der Waals surface area (Å²) in [5.41, 5.74) is 0.213. The smallest absolute Gasteiger partial charge is 0.293 e. The molecular formula is C12H9BrFNO2. The van der Waals surface area contributed by atoms with Crippen molar-refractivity contribution >= 4 is 27.5 Å². The highest BCUT2D eigenvalue weighted by Gasteiger charge is 2.19. The maximum Gasteiger partial charge on any atom is 0.293 e. The van der Waals surface area contributed by atoms with E-state index >= 15 is 0 Å². The van der Waals surface area contributed by atoms with Crippen molar-refractivity contribution in [1.82, 2.24) is 0 Å². The molecule has 2 rings (SSSR count). The van der Waals surface area contributed by atoms with Gasteiger partial charge in [-0.1, -0.05) is 12.1 Å². The topological polar surface area (TPSA) is 33.5 Å². The van der Waals surface area contributed by atoms with Crippen LogP contribution in [0.15, 0.2) is 45.5 Å². The molecule has 1 heterocycles. The van der Waals surface area contributed by atoms with E-state index in [1.165, 1.54) is 30.1 Å². The third kappa shape index (κ3) is 2.39. The molecule has 0 unspecified atom stereocenters. The molecule has 0 aliphatic heterocycles. The number of carbonyl (C=O) groups excluding carboxylic acids is 1. The van der Waals surface area contributed by atoms with Crippen LogP contribution in [-0.2, 0) is 0 Å². The van der Waals surface area contributed by atoms with E-state index in [2.05, 4.69) is 15.9 Å². The van der Waals surface area contributed by atoms with Crippen LogP contribution in [0.4, 0.5) is 10.1 Å². The van der Waals surface area contributed by atoms with Crippen LogP contribution in [0.3, 0.4) is 0 Å². The summed E-state index contributed by atoms with van der Waals surface area (Å²) in [4.78, 5) is 13.2. The number of carbonyl (C=O) groups is 1. The predicted molar refractivity (Wildman–Crippen MR) is 65.5 cm³/mol. The molecule has 0 aliphatic rings. The second-order valence-electron chi connectivity index (χ2n) is 3.42. The number of para-hydroxylation sites is 1. The lowest BCUT2D eigenvalue weighted by Crippen LogP contribution is -2.26. The van der Waals surface area contributed by atoms with Crippen molar-refractivity contribution < 1.29 is 13.6 Å². The highest BCUT2D eigenvalue weighted by molar-refractivity contribution is 9.10. The minimum atomic E-state index is -0.450. The van der Waals surface area contributed by atoms with Gasteiger partial charge in [-0.15, -0.1) is 0 Å². The largest absolute Gasteiger partial charge is 0.444 e. The highest BCUT2D eigenvalue weighted by atomic mass is 79.9. The molecule has 0 N–H and O–H groups in total. The zero-order valence-electron chi connectivity index (χ0n) is 8.98. The molecule has 0 aliphatic carbocycles. The van der Waals surface area contributed by atoms with Crippen molar-refractivity contribution in [1.29, 1.82) is 0 Å². The second-order valence-corrected chi connectivity index (χ2v) is 4.20. The number of rotatable bonds is 2. The van der Waals surface area contributed by atoms with E-state index in [4.69, 9.17) is 4.42 Å². The maximum absolute atomic E-state index is 13.5. The number of nitrogens with zero attached hydrogens (tertiary/aromatic N) is 1. The van der Waals surface area contributed by atoms with Crippen LogP contribution < -0.4 is 4.90 Å². The summed E-state index contributed by atoms with van der Waals surface area (Å²) in [6, 6.07) is 9.22. The normalized spacial score (nSPS) is 10.3. The standard InChI is InChI=1S/C12H9BrFNO2/c1-15(9-5-3-2-4-8(9)14)12(16)10-6-7-11(13)17-10/h2-7H,1H3. The summed E-state index contributed by atoms with van der Waals surface area (Å²) in [5.74, 6) is -0.697. The average molecular weight is 298 g/mol. The monoisotopic (exact) mass is 297 g/mol. The van der Waals surface area contributed by atoms with Gasteiger partial charge in [-0.3, -0.25) is 4.79 Å². The predicted octanol–water partition coefficient (Wildman–Crippen LogP) is 3.46. The molecule has 0 fully saturated rings. The first-order valence-electron chi connectivity index (χ1n) is 4.87. The molecular weight excluding hydrogens is 289 g/mol. The van der Waals surface area contributed by atoms with E-state index in [-0.39, 0.29) is 11.4 Å². The van der Waals surface area contributed by atoms with Gasteiger partial charge in [0.15, 0.2) is 10.4 Å². The van der Waals surface area contributed by atoms with Gasteiger partial charge in [0.1, 0.15) is 5.82 Å². The summed E-state index contributed by atoms with van der Waals surface area (Å²) in [5, 5.41) is 0. The summed E-state index contributed by atoms with van der Waals surface area (Å²) < 4.78 is 19.1. The number of hydrogen-bond acceptors (Lipinski definition) is 2. The zero-order valence-corrected chi connectivity index (χ0v) is 10.6. The number of amides is 1. The van der Waals surface area contributed by atoms with Crippen LogP contribution in [0.5, 0.6) is 0 Å². The van der Waals surface area contributed by atoms with E-state index < -0.39 is 11.7 Å². The molecule has 1 aromatic carbocycles. The molecule has 0 radical (unpaired) electrons. The van der Waals surface area contributed by atoms with Gasteiger partial charge < -0.3 is 9.32 Å². The van der Waals surface area contributed by atoms with Gasteiger partial charge in [0.2, 0.25) is 0 Å². The van der Waals surface area contributed by atoms with Crippen LogP contribution >= 0.6 is 15.9 Å². The minimum absolute atomic E-state index is 0.155. The quantitative estimate of drug-likeness (QED) is 0.850. The molecule has 0 atom stereocenters. The van der Waals surface area contributed by atoms with Gasteiger partial charge >= 0.3 is 0 Å². The Balaban J connectivity index is 2.29. The molecule has 0 spiro atoms. The van der Waals surface area contributed by atoms with Crippen molar-refractivity contribution in [2.24, 2.45) is 0 Å². The van der Waals surface area contributed by atoms with Gasteiger partial charge in [0, 0.05) is 7.05 Å². The molecule has 2 aromatic rings. The van der Waals surface area contributed by atoms with Crippen LogP contribution in [0, 0.1) is 5.82 Å². The van der Waals surface area contributed by atoms with Gasteiger partial charge in [-0.05, 0) is 40.2 Å². The Hall–Kier alpha value is -1.62. The molecule has 88 valence electrons. The number of furan rings is 1. The highest BCUT2D eigenvalue weighted by Crippen LogP contribution is 2.21. The van der Waals surface area contributed by atoms with Crippen molar-refractivity contribution in [3.63, 3.8) is 0 Å². The Morgan fingerprint density at radius 2 is 2.00 bits per heavy atom. The molecule has 0 bridgehead atoms. The Morgan fingerprint density at radius 3 is 2.59 bits per heavy atom. The second kappa shape index (κ2) is 4.71. The SMILES string of the molecule is CN(C(=O)c1ccc(Br)o1)c1ccccc1F. The zero-order chi connectivity index (χ0) is 12.4. The fourth-order valence-electron chi connectivity index (χ4n) is 1.43. The number of halogens is 2. The molecule has 1 amide bonds. The molecule has 5 heteroatoms. The third-order valence-electron chi connectivity index (χ3n) is 2.30. The lowest BCUT2D eigenvalue weighted by atomic mass is 10.2. The summed E-state index contributed by atoms with van der Waals surface area (Å²) >= 11 is 3.11. The summed E-state index contributed by atoms with van der Waals surface area (Å²) in [6.45, 7) is 0. The Morgan fingerprint density at radius 1 is 1.29 bits per heavy atom. The molecule has 0 saturated heterocycles. The number of hydrogen-bond donors (Lipinski definition) is 0. The van der Waals surface area contributed by atoms with Crippen LogP contribution in [0.1, 0.15) is 10.6 Å². The Bertz CT molecular complexity index is 553. The fraction of sp³-hybridized carbons (Fsp3) is 0.0833. The third-order valence-corrected chi connectivity index (χ3v) is 2.73. The molecule has 3 nitrogen and oxygen atoms in total. The first-order valence-corrected chi connectivity index (χ1v) is 5.67. The minimum Gasteiger partial charge on any atom is -0.444 e. The first-order chi connectivity index (χ1) is 8.09. The maximum atomic E-state index is 13.5. The molecule has 17 heavy (non-hydrogen) atoms. The van der Waals surface area contributed by atoms with Gasteiger partial charge in [-0.25, -0.2) is 4.39 Å². The summed E-state index contributed by atoms with van der Waals surface area (Å²) in [7, 11) is 1.50. The average Bonchev–Trinajstić information content (AvgIpc) is 2.75. The number of benzene rings is 1. The van der Waals surface area contributed by atoms with E-state index in [0.717, 1.165) is 0 Å². The van der Waals surface area contributed by atoms with Crippen molar-refractivity contribution in [3.05, 3.63) is 52.6 Å². The van der Waals surface area contributed by atoms with Crippen molar-refractivity contribution in [2.45, 2.75) is 0 Å². The van der Waals surface area contributed by atoms with E-state index in [0.29, 0.717) is 4.67 Å².